The number of hydrogen-bond donors (Lipinski definition) is 2. The van der Waals surface area contributed by atoms with E-state index in [0.29, 0.717) is 0 Å². The molecule has 0 aliphatic rings. The molecule has 0 spiro atoms. The van der Waals surface area contributed by atoms with Gasteiger partial charge in [0.2, 0.25) is 0 Å². The maximum Gasteiger partial charge on any atom is 0.408 e. The molecule has 0 unspecified atom stereocenters. The monoisotopic (exact) mass is 509 g/mol. The van der Waals surface area contributed by atoms with E-state index >= 15 is 0 Å². The lowest BCUT2D eigenvalue weighted by atomic mass is 9.90. The average molecular weight is 510 g/mol. The van der Waals surface area contributed by atoms with Crippen molar-refractivity contribution in [1.82, 2.24) is 5.32 Å². The van der Waals surface area contributed by atoms with Crippen molar-refractivity contribution in [2.45, 2.75) is 45.4 Å². The minimum atomic E-state index is -1.20. The molecule has 1 amide bonds. The molecule has 0 bridgehead atoms. The van der Waals surface area contributed by atoms with Gasteiger partial charge in [0.1, 0.15) is 5.60 Å². The largest absolute Gasteiger partial charge is 0.480 e. The highest BCUT2D eigenvalue weighted by Gasteiger charge is 2.24. The van der Waals surface area contributed by atoms with Crippen LogP contribution in [-0.4, -0.2) is 35.4 Å². The number of rotatable bonds is 8. The van der Waals surface area contributed by atoms with Gasteiger partial charge < -0.3 is 19.9 Å². The highest BCUT2D eigenvalue weighted by molar-refractivity contribution is 6.23. The summed E-state index contributed by atoms with van der Waals surface area (Å²) in [5, 5.41) is 19.4. The van der Waals surface area contributed by atoms with Crippen molar-refractivity contribution in [3.63, 3.8) is 0 Å². The van der Waals surface area contributed by atoms with Crippen LogP contribution in [0.15, 0.2) is 78.9 Å². The molecule has 0 radical (unpaired) electrons. The molecule has 0 aliphatic carbocycles. The van der Waals surface area contributed by atoms with Crippen LogP contribution in [0.3, 0.4) is 0 Å². The van der Waals surface area contributed by atoms with Crippen LogP contribution in [0.25, 0.3) is 32.3 Å². The van der Waals surface area contributed by atoms with Crippen molar-refractivity contribution in [2.75, 3.05) is 6.61 Å². The molecular formula is C32H31NO5. The second-order valence-electron chi connectivity index (χ2n) is 10.6. The Hall–Kier alpha value is -4.16. The molecule has 6 heteroatoms. The molecule has 0 aromatic heterocycles. The summed E-state index contributed by atoms with van der Waals surface area (Å²) in [4.78, 5) is 23.4. The molecule has 0 heterocycles. The first kappa shape index (κ1) is 25.5. The van der Waals surface area contributed by atoms with Crippen LogP contribution in [-0.2, 0) is 27.3 Å². The van der Waals surface area contributed by atoms with Gasteiger partial charge in [-0.1, -0.05) is 78.9 Å². The van der Waals surface area contributed by atoms with Crippen molar-refractivity contribution in [3.05, 3.63) is 95.6 Å². The van der Waals surface area contributed by atoms with E-state index < -0.39 is 23.7 Å². The van der Waals surface area contributed by atoms with E-state index in [1.165, 1.54) is 43.4 Å². The molecule has 0 fully saturated rings. The molecule has 5 rings (SSSR count). The molecule has 194 valence electrons. The number of benzene rings is 5. The van der Waals surface area contributed by atoms with Crippen molar-refractivity contribution >= 4 is 44.4 Å². The topological polar surface area (TPSA) is 84.9 Å². The zero-order chi connectivity index (χ0) is 26.9. The van der Waals surface area contributed by atoms with Crippen LogP contribution in [0.2, 0.25) is 0 Å². The number of carboxylic acid groups (broad SMARTS) is 1. The van der Waals surface area contributed by atoms with Crippen LogP contribution in [0, 0.1) is 0 Å². The lowest BCUT2D eigenvalue weighted by molar-refractivity contribution is -0.141. The minimum Gasteiger partial charge on any atom is -0.480 e. The van der Waals surface area contributed by atoms with Gasteiger partial charge in [-0.3, -0.25) is 0 Å². The Kier molecular flexibility index (Phi) is 6.91. The van der Waals surface area contributed by atoms with E-state index in [-0.39, 0.29) is 13.2 Å². The molecular weight excluding hydrogens is 478 g/mol. The fourth-order valence-electron chi connectivity index (χ4n) is 4.84. The number of nitrogens with one attached hydrogen (secondary N) is 1. The molecule has 38 heavy (non-hydrogen) atoms. The highest BCUT2D eigenvalue weighted by atomic mass is 16.6. The minimum absolute atomic E-state index is 0.168. The number of ether oxygens (including phenoxy) is 2. The molecule has 5 aromatic carbocycles. The first-order valence-corrected chi connectivity index (χ1v) is 12.7. The third-order valence-electron chi connectivity index (χ3n) is 6.58. The van der Waals surface area contributed by atoms with E-state index in [1.54, 1.807) is 20.8 Å². The first-order valence-electron chi connectivity index (χ1n) is 12.7. The Morgan fingerprint density at radius 1 is 0.816 bits per heavy atom. The number of carbonyl (C=O) groups excluding carboxylic acids is 1. The van der Waals surface area contributed by atoms with Gasteiger partial charge in [0.15, 0.2) is 6.04 Å². The van der Waals surface area contributed by atoms with Crippen molar-refractivity contribution in [1.29, 1.82) is 0 Å². The summed E-state index contributed by atoms with van der Waals surface area (Å²) < 4.78 is 10.7. The predicted octanol–water partition coefficient (Wildman–Crippen LogP) is 6.67. The first-order chi connectivity index (χ1) is 18.2. The number of hydrogen-bond acceptors (Lipinski definition) is 4. The smallest absolute Gasteiger partial charge is 0.408 e. The number of amides is 1. The van der Waals surface area contributed by atoms with Gasteiger partial charge in [-0.25, -0.2) is 9.59 Å². The number of alkyl carbamates (subject to hydrolysis) is 1. The van der Waals surface area contributed by atoms with Gasteiger partial charge in [-0.05, 0) is 76.2 Å². The lowest BCUT2D eigenvalue weighted by Crippen LogP contribution is -2.46. The van der Waals surface area contributed by atoms with E-state index in [4.69, 9.17) is 9.47 Å². The average Bonchev–Trinajstić information content (AvgIpc) is 2.87. The molecule has 0 saturated carbocycles. The third-order valence-corrected chi connectivity index (χ3v) is 6.58. The van der Waals surface area contributed by atoms with Gasteiger partial charge in [-0.15, -0.1) is 0 Å². The summed E-state index contributed by atoms with van der Waals surface area (Å²) in [5.74, 6) is -1.18. The lowest BCUT2D eigenvalue weighted by Gasteiger charge is -2.22. The molecule has 1 atom stereocenters. The van der Waals surface area contributed by atoms with Gasteiger partial charge in [-0.2, -0.15) is 0 Å². The normalized spacial score (nSPS) is 12.7. The predicted molar refractivity (Wildman–Crippen MR) is 150 cm³/mol. The third kappa shape index (κ3) is 5.55. The Morgan fingerprint density at radius 2 is 1.42 bits per heavy atom. The van der Waals surface area contributed by atoms with E-state index in [9.17, 15) is 14.7 Å². The fraction of sp³-hybridized carbons (Fsp3) is 0.250. The summed E-state index contributed by atoms with van der Waals surface area (Å²) in [6.07, 6.45) is 0.0144. The summed E-state index contributed by atoms with van der Waals surface area (Å²) in [6, 6.07) is 26.6. The van der Waals surface area contributed by atoms with Gasteiger partial charge in [0, 0.05) is 0 Å². The zero-order valence-electron chi connectivity index (χ0n) is 21.8. The fourth-order valence-corrected chi connectivity index (χ4v) is 4.84. The molecule has 0 aliphatic heterocycles. The summed E-state index contributed by atoms with van der Waals surface area (Å²) in [5.41, 5.74) is 2.66. The Labute approximate surface area is 221 Å². The number of carbonyl (C=O) groups is 2. The van der Waals surface area contributed by atoms with Crippen LogP contribution in [0.1, 0.15) is 37.5 Å². The summed E-state index contributed by atoms with van der Waals surface area (Å²) in [6.45, 7) is 5.21. The number of carboxylic acids is 1. The van der Waals surface area contributed by atoms with Crippen LogP contribution < -0.4 is 5.32 Å². The maximum absolute atomic E-state index is 11.9. The summed E-state index contributed by atoms with van der Waals surface area (Å²) in [7, 11) is 0. The molecule has 6 nitrogen and oxygen atoms in total. The number of aliphatic carboxylic acids is 1. The maximum atomic E-state index is 11.9. The van der Waals surface area contributed by atoms with E-state index in [1.807, 2.05) is 12.1 Å². The quantitative estimate of drug-likeness (QED) is 0.228. The van der Waals surface area contributed by atoms with Crippen LogP contribution >= 0.6 is 0 Å². The Morgan fingerprint density at radius 3 is 2.08 bits per heavy atom. The van der Waals surface area contributed by atoms with Crippen molar-refractivity contribution in [2.24, 2.45) is 0 Å². The SMILES string of the molecule is CC(C)(C)OC(=O)N[C@H](COCc1ccc(Cc2ccc3ccc4cccc5ccc2c3c45)cc1)C(=O)O. The van der Waals surface area contributed by atoms with Crippen LogP contribution in [0.5, 0.6) is 0 Å². The molecule has 5 aromatic rings. The molecule has 0 saturated heterocycles. The standard InChI is InChI=1S/C32H31NO5/c1-32(2,3)38-31(36)33-27(30(34)35)19-37-18-21-9-7-20(8-10-21)17-25-14-13-24-12-11-22-5-4-6-23-15-16-26(25)29(24)28(22)23/h4-16,27H,17-19H2,1-3H3,(H,33,36)(H,34,35)/t27-/m1/s1. The van der Waals surface area contributed by atoms with Gasteiger partial charge in [0.25, 0.3) is 0 Å². The highest BCUT2D eigenvalue weighted by Crippen LogP contribution is 2.36. The summed E-state index contributed by atoms with van der Waals surface area (Å²) >= 11 is 0. The van der Waals surface area contributed by atoms with Gasteiger partial charge >= 0.3 is 12.1 Å². The Bertz CT molecular complexity index is 1580. The van der Waals surface area contributed by atoms with Gasteiger partial charge in [0.05, 0.1) is 13.2 Å². The zero-order valence-corrected chi connectivity index (χ0v) is 21.8. The molecule has 2 N–H and O–H groups in total. The van der Waals surface area contributed by atoms with Crippen molar-refractivity contribution in [3.8, 4) is 0 Å². The van der Waals surface area contributed by atoms with Crippen LogP contribution in [0.4, 0.5) is 4.79 Å². The Balaban J connectivity index is 1.25. The second-order valence-corrected chi connectivity index (χ2v) is 10.6. The van der Waals surface area contributed by atoms with E-state index in [2.05, 4.69) is 72.0 Å². The van der Waals surface area contributed by atoms with E-state index in [0.717, 1.165) is 12.0 Å². The van der Waals surface area contributed by atoms with Crippen molar-refractivity contribution < 1.29 is 24.2 Å². The second kappa shape index (κ2) is 10.3.